The number of hydrogen-bond donors (Lipinski definition) is 0. The molecule has 0 heterocycles. The van der Waals surface area contributed by atoms with Crippen molar-refractivity contribution < 1.29 is 19.2 Å². The quantitative estimate of drug-likeness (QED) is 0.355. The number of nitrogens with zero attached hydrogens (tertiary/aromatic N) is 1. The van der Waals surface area contributed by atoms with E-state index in [1.54, 1.807) is 12.1 Å². The van der Waals surface area contributed by atoms with Crippen molar-refractivity contribution in [3.8, 4) is 11.5 Å². The number of hydrogen-bond acceptors (Lipinski definition) is 5. The molecule has 0 saturated carbocycles. The molecule has 0 fully saturated rings. The molecular formula is C12H13NO5. The molecule has 0 aliphatic heterocycles. The average Bonchev–Trinajstić information content (AvgIpc) is 2.28. The third-order valence-corrected chi connectivity index (χ3v) is 2.10. The molecular weight excluding hydrogens is 238 g/mol. The topological polar surface area (TPSA) is 78.7 Å². The van der Waals surface area contributed by atoms with E-state index in [4.69, 9.17) is 9.47 Å². The second-order valence-corrected chi connectivity index (χ2v) is 3.55. The molecule has 0 N–H and O–H groups in total. The van der Waals surface area contributed by atoms with Crippen LogP contribution in [0.25, 0.3) is 6.08 Å². The van der Waals surface area contributed by atoms with Gasteiger partial charge in [-0.05, 0) is 17.7 Å². The first-order chi connectivity index (χ1) is 8.43. The van der Waals surface area contributed by atoms with Crippen LogP contribution in [0.1, 0.15) is 19.4 Å². The number of esters is 1. The average molecular weight is 251 g/mol. The molecule has 0 aliphatic carbocycles. The molecule has 96 valence electrons. The summed E-state index contributed by atoms with van der Waals surface area (Å²) in [7, 11) is 1.44. The first-order valence-electron chi connectivity index (χ1n) is 5.13. The Balaban J connectivity index is 3.14. The molecule has 0 radical (unpaired) electrons. The van der Waals surface area contributed by atoms with Gasteiger partial charge in [0.1, 0.15) is 0 Å². The van der Waals surface area contributed by atoms with Crippen molar-refractivity contribution in [1.29, 1.82) is 0 Å². The summed E-state index contributed by atoms with van der Waals surface area (Å²) in [6.07, 6.45) is 1.38. The monoisotopic (exact) mass is 251 g/mol. The lowest BCUT2D eigenvalue weighted by molar-refractivity contribution is -0.422. The minimum absolute atomic E-state index is 0.00561. The Labute approximate surface area is 104 Å². The van der Waals surface area contributed by atoms with Gasteiger partial charge in [0.05, 0.1) is 12.0 Å². The molecule has 6 heteroatoms. The number of carbonyl (C=O) groups is 1. The van der Waals surface area contributed by atoms with E-state index in [1.807, 2.05) is 0 Å². The van der Waals surface area contributed by atoms with E-state index in [2.05, 4.69) is 0 Å². The second-order valence-electron chi connectivity index (χ2n) is 3.55. The third-order valence-electron chi connectivity index (χ3n) is 2.10. The van der Waals surface area contributed by atoms with Gasteiger partial charge >= 0.3 is 5.97 Å². The summed E-state index contributed by atoms with van der Waals surface area (Å²) >= 11 is 0. The zero-order valence-corrected chi connectivity index (χ0v) is 10.3. The lowest BCUT2D eigenvalue weighted by atomic mass is 10.1. The highest BCUT2D eigenvalue weighted by Gasteiger charge is 2.09. The smallest absolute Gasteiger partial charge is 0.308 e. The maximum Gasteiger partial charge on any atom is 0.308 e. The highest BCUT2D eigenvalue weighted by molar-refractivity contribution is 5.71. The normalized spacial score (nSPS) is 10.9. The summed E-state index contributed by atoms with van der Waals surface area (Å²) in [5, 5.41) is 10.5. The Hall–Kier alpha value is -2.37. The van der Waals surface area contributed by atoms with Crippen LogP contribution in [0, 0.1) is 10.1 Å². The van der Waals surface area contributed by atoms with Gasteiger partial charge in [0.2, 0.25) is 5.70 Å². The van der Waals surface area contributed by atoms with E-state index >= 15 is 0 Å². The van der Waals surface area contributed by atoms with Gasteiger partial charge in [-0.1, -0.05) is 6.07 Å². The molecule has 0 atom stereocenters. The van der Waals surface area contributed by atoms with Crippen molar-refractivity contribution in [3.63, 3.8) is 0 Å². The molecule has 0 aromatic heterocycles. The molecule has 0 spiro atoms. The van der Waals surface area contributed by atoms with E-state index in [9.17, 15) is 14.9 Å². The molecule has 0 aliphatic rings. The van der Waals surface area contributed by atoms with E-state index < -0.39 is 10.9 Å². The maximum atomic E-state index is 10.9. The van der Waals surface area contributed by atoms with Crippen LogP contribution < -0.4 is 9.47 Å². The van der Waals surface area contributed by atoms with Gasteiger partial charge in [-0.15, -0.1) is 0 Å². The fourth-order valence-electron chi connectivity index (χ4n) is 1.31. The molecule has 0 saturated heterocycles. The summed E-state index contributed by atoms with van der Waals surface area (Å²) in [6, 6.07) is 4.73. The predicted octanol–water partition coefficient (Wildman–Crippen LogP) is 2.26. The first-order valence-corrected chi connectivity index (χ1v) is 5.13. The van der Waals surface area contributed by atoms with Crippen LogP contribution in [0.5, 0.6) is 11.5 Å². The van der Waals surface area contributed by atoms with Crippen molar-refractivity contribution in [3.05, 3.63) is 39.6 Å². The van der Waals surface area contributed by atoms with Crippen molar-refractivity contribution in [2.75, 3.05) is 7.11 Å². The first kappa shape index (κ1) is 13.7. The maximum absolute atomic E-state index is 10.9. The van der Waals surface area contributed by atoms with Crippen LogP contribution >= 0.6 is 0 Å². The van der Waals surface area contributed by atoms with Gasteiger partial charge in [0.25, 0.3) is 0 Å². The Bertz CT molecular complexity index is 507. The lowest BCUT2D eigenvalue weighted by Gasteiger charge is -2.08. The zero-order chi connectivity index (χ0) is 13.7. The fourth-order valence-corrected chi connectivity index (χ4v) is 1.31. The zero-order valence-electron chi connectivity index (χ0n) is 10.3. The van der Waals surface area contributed by atoms with Gasteiger partial charge in [-0.3, -0.25) is 14.9 Å². The molecule has 0 unspecified atom stereocenters. The summed E-state index contributed by atoms with van der Waals surface area (Å²) in [5.41, 5.74) is 0.551. The highest BCUT2D eigenvalue weighted by Crippen LogP contribution is 2.29. The van der Waals surface area contributed by atoms with Gasteiger partial charge in [0, 0.05) is 19.9 Å². The van der Waals surface area contributed by atoms with Crippen molar-refractivity contribution >= 4 is 12.0 Å². The van der Waals surface area contributed by atoms with Crippen molar-refractivity contribution in [2.45, 2.75) is 13.8 Å². The van der Waals surface area contributed by atoms with Gasteiger partial charge in [0.15, 0.2) is 11.5 Å². The molecule has 6 nitrogen and oxygen atoms in total. The number of methoxy groups -OCH3 is 1. The van der Waals surface area contributed by atoms with Crippen LogP contribution in [-0.4, -0.2) is 18.0 Å². The number of ether oxygens (including phenoxy) is 2. The number of nitro groups is 1. The second kappa shape index (κ2) is 5.81. The number of allylic oxidation sites excluding steroid dienone is 1. The standard InChI is InChI=1S/C12H13NO5/c1-8(13(15)16)6-10-4-5-11(17-3)12(7-10)18-9(2)14/h4-7H,1-3H3/b8-6+. The molecule has 18 heavy (non-hydrogen) atoms. The summed E-state index contributed by atoms with van der Waals surface area (Å²) in [5.74, 6) is 0.136. The number of benzene rings is 1. The lowest BCUT2D eigenvalue weighted by Crippen LogP contribution is -2.03. The summed E-state index contributed by atoms with van der Waals surface area (Å²) < 4.78 is 9.98. The molecule has 1 aromatic carbocycles. The Morgan fingerprint density at radius 3 is 2.50 bits per heavy atom. The predicted molar refractivity (Wildman–Crippen MR) is 64.9 cm³/mol. The Morgan fingerprint density at radius 1 is 1.33 bits per heavy atom. The fraction of sp³-hybridized carbons (Fsp3) is 0.250. The Morgan fingerprint density at radius 2 is 2.00 bits per heavy atom. The summed E-state index contributed by atoms with van der Waals surface area (Å²) in [6.45, 7) is 2.65. The molecule has 1 aromatic rings. The van der Waals surface area contributed by atoms with Crippen LogP contribution in [-0.2, 0) is 4.79 Å². The molecule has 0 bridgehead atoms. The SMILES string of the molecule is COc1ccc(/C=C(\C)[N+](=O)[O-])cc1OC(C)=O. The molecule has 1 rings (SSSR count). The van der Waals surface area contributed by atoms with Gasteiger partial charge in [-0.25, -0.2) is 0 Å². The minimum atomic E-state index is -0.490. The molecule has 0 amide bonds. The van der Waals surface area contributed by atoms with Gasteiger partial charge in [-0.2, -0.15) is 0 Å². The van der Waals surface area contributed by atoms with Crippen LogP contribution in [0.3, 0.4) is 0 Å². The van der Waals surface area contributed by atoms with E-state index in [0.29, 0.717) is 11.3 Å². The van der Waals surface area contributed by atoms with E-state index in [-0.39, 0.29) is 11.4 Å². The van der Waals surface area contributed by atoms with E-state index in [0.717, 1.165) is 0 Å². The van der Waals surface area contributed by atoms with E-state index in [1.165, 1.54) is 33.1 Å². The number of rotatable bonds is 4. The van der Waals surface area contributed by atoms with Crippen LogP contribution in [0.2, 0.25) is 0 Å². The number of carbonyl (C=O) groups excluding carboxylic acids is 1. The Kier molecular flexibility index (Phi) is 4.42. The van der Waals surface area contributed by atoms with Crippen molar-refractivity contribution in [1.82, 2.24) is 0 Å². The van der Waals surface area contributed by atoms with Crippen LogP contribution in [0.4, 0.5) is 0 Å². The van der Waals surface area contributed by atoms with Crippen molar-refractivity contribution in [2.24, 2.45) is 0 Å². The highest BCUT2D eigenvalue weighted by atomic mass is 16.6. The van der Waals surface area contributed by atoms with Crippen LogP contribution in [0.15, 0.2) is 23.9 Å². The third kappa shape index (κ3) is 3.58. The summed E-state index contributed by atoms with van der Waals surface area (Å²) in [4.78, 5) is 20.9. The minimum Gasteiger partial charge on any atom is -0.493 e. The largest absolute Gasteiger partial charge is 0.493 e. The van der Waals surface area contributed by atoms with Gasteiger partial charge < -0.3 is 9.47 Å².